The molecule has 0 radical (unpaired) electrons. The molecule has 6 aliphatic heterocycles. The molecular formula is C46H76O14. The summed E-state index contributed by atoms with van der Waals surface area (Å²) in [5.41, 5.74) is -0.319. The highest BCUT2D eigenvalue weighted by Crippen LogP contribution is 2.56. The Morgan fingerprint density at radius 3 is 2.30 bits per heavy atom. The zero-order valence-corrected chi connectivity index (χ0v) is 38.0. The van der Waals surface area contributed by atoms with Gasteiger partial charge in [0.05, 0.1) is 67.0 Å². The molecule has 0 bridgehead atoms. The lowest BCUT2D eigenvalue weighted by Crippen LogP contribution is -2.63. The van der Waals surface area contributed by atoms with E-state index in [1.165, 1.54) is 0 Å². The number of carboxylic acids is 1. The van der Waals surface area contributed by atoms with E-state index in [1.807, 2.05) is 33.8 Å². The minimum absolute atomic E-state index is 0.0117. The van der Waals surface area contributed by atoms with E-state index in [1.54, 1.807) is 21.0 Å². The molecule has 6 saturated heterocycles. The van der Waals surface area contributed by atoms with Crippen molar-refractivity contribution in [3.05, 3.63) is 11.6 Å². The molecule has 6 heterocycles. The highest BCUT2D eigenvalue weighted by Gasteiger charge is 2.65. The van der Waals surface area contributed by atoms with E-state index >= 15 is 0 Å². The van der Waals surface area contributed by atoms with Crippen LogP contribution in [0.25, 0.3) is 0 Å². The Morgan fingerprint density at radius 1 is 0.933 bits per heavy atom. The third-order valence-electron chi connectivity index (χ3n) is 15.6. The number of allylic oxidation sites excluding steroid dienone is 1. The number of aliphatic hydroxyl groups is 3. The Hall–Kier alpha value is -1.56. The van der Waals surface area contributed by atoms with Gasteiger partial charge in [-0.05, 0) is 64.4 Å². The van der Waals surface area contributed by atoms with Crippen molar-refractivity contribution in [2.45, 2.75) is 212 Å². The number of carbonyl (C=O) groups excluding carboxylic acids is 1. The molecule has 0 aromatic rings. The standard InChI is InChI=1S/C46H76O14/c1-24(42(50)51)12-13-33(48)25(2)18-26(3)40-30(7)34(49)22-44(58-40)17-16-43(10,60-44)38-21-36(55-39-15-14-35(53-11)32(9)54-39)31(8)46(57-38)29(6)20-37(56-46)41-27(4)19-28(5)45(52,23-47)59-41/h18,24,26-32,34-41,47,49,52H,12-17,19-23H2,1-11H3,(H,50,51)/b25-18+/t24-,26-,27-,28+,29-,30+,31+,32+,34-,35-,36-,37+,38+,39+,40+,41-,43-,44+,45-,46-/m0/s1. The minimum Gasteiger partial charge on any atom is -0.481 e. The highest BCUT2D eigenvalue weighted by molar-refractivity contribution is 5.94. The molecule has 0 amide bonds. The summed E-state index contributed by atoms with van der Waals surface area (Å²) in [6.07, 6.45) is 3.43. The van der Waals surface area contributed by atoms with Crippen molar-refractivity contribution in [3.63, 3.8) is 0 Å². The topological polar surface area (TPSA) is 189 Å². The van der Waals surface area contributed by atoms with E-state index in [0.29, 0.717) is 44.1 Å². The SMILES string of the molecule is CO[C@H]1CC[C@@H](O[C@H]2C[C@H]([C@]3(C)CC[C@]4(C[C@H](O)[C@@H](C)[C@@H]([C@@H](C)/C=C(\C)C(=O)CC[C@H](C)C(=O)O)O4)O3)O[C@]3(O[C@@H]([C@H]4O[C@@](O)(CO)[C@H](C)C[C@@H]4C)C[C@@H]3C)[C@@H]2C)O[C@@H]1C. The number of carboxylic acid groups (broad SMARTS) is 1. The first kappa shape index (κ1) is 47.9. The van der Waals surface area contributed by atoms with Gasteiger partial charge in [-0.25, -0.2) is 0 Å². The van der Waals surface area contributed by atoms with Gasteiger partial charge in [0, 0.05) is 68.8 Å². The van der Waals surface area contributed by atoms with Crippen molar-refractivity contribution in [1.82, 2.24) is 0 Å². The fourth-order valence-electron chi connectivity index (χ4n) is 11.3. The number of aliphatic hydroxyl groups excluding tert-OH is 2. The molecule has 0 aromatic heterocycles. The molecular weight excluding hydrogens is 776 g/mol. The van der Waals surface area contributed by atoms with Gasteiger partial charge >= 0.3 is 5.97 Å². The number of carbonyl (C=O) groups is 2. The molecule has 60 heavy (non-hydrogen) atoms. The van der Waals surface area contributed by atoms with E-state index in [9.17, 15) is 30.0 Å². The minimum atomic E-state index is -1.66. The van der Waals surface area contributed by atoms with Crippen molar-refractivity contribution < 1.29 is 67.9 Å². The molecule has 344 valence electrons. The molecule has 0 aromatic carbocycles. The number of rotatable bonds is 13. The first-order valence-electron chi connectivity index (χ1n) is 22.8. The summed E-state index contributed by atoms with van der Waals surface area (Å²) >= 11 is 0. The van der Waals surface area contributed by atoms with E-state index in [-0.39, 0.29) is 78.9 Å². The van der Waals surface area contributed by atoms with Crippen LogP contribution in [0.2, 0.25) is 0 Å². The summed E-state index contributed by atoms with van der Waals surface area (Å²) < 4.78 is 53.8. The Balaban J connectivity index is 1.24. The van der Waals surface area contributed by atoms with E-state index in [4.69, 9.17) is 37.9 Å². The van der Waals surface area contributed by atoms with Gasteiger partial charge in [0.2, 0.25) is 0 Å². The number of aliphatic carboxylic acids is 1. The summed E-state index contributed by atoms with van der Waals surface area (Å²) in [6.45, 7) is 19.1. The second kappa shape index (κ2) is 18.5. The Kier molecular flexibility index (Phi) is 14.8. The third-order valence-corrected chi connectivity index (χ3v) is 15.6. The molecule has 20 atom stereocenters. The van der Waals surface area contributed by atoms with Gasteiger partial charge < -0.3 is 58.3 Å². The van der Waals surface area contributed by atoms with Crippen molar-refractivity contribution >= 4 is 11.8 Å². The summed E-state index contributed by atoms with van der Waals surface area (Å²) in [5, 5.41) is 42.3. The molecule has 6 fully saturated rings. The predicted octanol–water partition coefficient (Wildman–Crippen LogP) is 5.90. The second-order valence-corrected chi connectivity index (χ2v) is 20.1. The van der Waals surface area contributed by atoms with Gasteiger partial charge in [0.25, 0.3) is 0 Å². The van der Waals surface area contributed by atoms with Crippen molar-refractivity contribution in [3.8, 4) is 0 Å². The monoisotopic (exact) mass is 853 g/mol. The van der Waals surface area contributed by atoms with Crippen LogP contribution in [-0.4, -0.2) is 124 Å². The number of hydrogen-bond donors (Lipinski definition) is 4. The number of methoxy groups -OCH3 is 1. The maximum atomic E-state index is 13.0. The van der Waals surface area contributed by atoms with Crippen LogP contribution in [-0.2, 0) is 47.5 Å². The van der Waals surface area contributed by atoms with Crippen LogP contribution in [0.15, 0.2) is 11.6 Å². The smallest absolute Gasteiger partial charge is 0.306 e. The van der Waals surface area contributed by atoms with Gasteiger partial charge in [-0.1, -0.05) is 54.5 Å². The van der Waals surface area contributed by atoms with Crippen LogP contribution in [0.3, 0.4) is 0 Å². The second-order valence-electron chi connectivity index (χ2n) is 20.1. The third kappa shape index (κ3) is 9.46. The first-order valence-corrected chi connectivity index (χ1v) is 22.8. The quantitative estimate of drug-likeness (QED) is 0.160. The molecule has 2 spiro atoms. The molecule has 0 saturated carbocycles. The molecule has 6 aliphatic rings. The van der Waals surface area contributed by atoms with Crippen molar-refractivity contribution in [1.29, 1.82) is 0 Å². The number of hydrogen-bond acceptors (Lipinski definition) is 13. The predicted molar refractivity (Wildman–Crippen MR) is 219 cm³/mol. The average Bonchev–Trinajstić information content (AvgIpc) is 3.70. The zero-order chi connectivity index (χ0) is 44.1. The van der Waals surface area contributed by atoms with Crippen molar-refractivity contribution in [2.75, 3.05) is 13.7 Å². The summed E-state index contributed by atoms with van der Waals surface area (Å²) in [6, 6.07) is 0. The molecule has 14 heteroatoms. The number of ether oxygens (including phenoxy) is 8. The van der Waals surface area contributed by atoms with Crippen LogP contribution in [0, 0.1) is 41.4 Å². The fraction of sp³-hybridized carbons (Fsp3) is 0.913. The fourth-order valence-corrected chi connectivity index (χ4v) is 11.3. The maximum absolute atomic E-state index is 13.0. The van der Waals surface area contributed by atoms with E-state index < -0.39 is 78.3 Å². The van der Waals surface area contributed by atoms with Crippen LogP contribution >= 0.6 is 0 Å². The average molecular weight is 853 g/mol. The highest BCUT2D eigenvalue weighted by atomic mass is 16.8. The number of ketones is 1. The molecule has 0 unspecified atom stereocenters. The Labute approximate surface area is 357 Å². The Bertz CT molecular complexity index is 1540. The maximum Gasteiger partial charge on any atom is 0.306 e. The number of Topliss-reactive ketones (excluding diaryl/α,β-unsaturated/α-hetero) is 1. The first-order chi connectivity index (χ1) is 28.1. The zero-order valence-electron chi connectivity index (χ0n) is 38.0. The molecule has 6 rings (SSSR count). The Morgan fingerprint density at radius 2 is 1.65 bits per heavy atom. The lowest BCUT2D eigenvalue weighted by Gasteiger charge is -2.54. The van der Waals surface area contributed by atoms with Crippen LogP contribution in [0.5, 0.6) is 0 Å². The van der Waals surface area contributed by atoms with Crippen molar-refractivity contribution in [2.24, 2.45) is 41.4 Å². The summed E-state index contributed by atoms with van der Waals surface area (Å²) in [4.78, 5) is 24.3. The molecule has 4 N–H and O–H groups in total. The van der Waals surface area contributed by atoms with Gasteiger partial charge in [-0.2, -0.15) is 0 Å². The summed E-state index contributed by atoms with van der Waals surface area (Å²) in [7, 11) is 1.70. The van der Waals surface area contributed by atoms with Crippen LogP contribution in [0.1, 0.15) is 133 Å². The summed E-state index contributed by atoms with van der Waals surface area (Å²) in [5.74, 6) is -6.50. The molecule has 14 nitrogen and oxygen atoms in total. The van der Waals surface area contributed by atoms with Gasteiger partial charge in [-0.15, -0.1) is 0 Å². The normalized spacial score (nSPS) is 48.7. The lowest BCUT2D eigenvalue weighted by molar-refractivity contribution is -0.390. The molecule has 0 aliphatic carbocycles. The van der Waals surface area contributed by atoms with Gasteiger partial charge in [0.1, 0.15) is 0 Å². The van der Waals surface area contributed by atoms with Crippen LogP contribution < -0.4 is 0 Å². The van der Waals surface area contributed by atoms with Gasteiger partial charge in [-0.3, -0.25) is 9.59 Å². The van der Waals surface area contributed by atoms with E-state index in [0.717, 1.165) is 6.42 Å². The van der Waals surface area contributed by atoms with E-state index in [2.05, 4.69) is 27.7 Å². The lowest BCUT2D eigenvalue weighted by atomic mass is 9.76. The largest absolute Gasteiger partial charge is 0.481 e. The van der Waals surface area contributed by atoms with Crippen LogP contribution in [0.4, 0.5) is 0 Å². The van der Waals surface area contributed by atoms with Gasteiger partial charge in [0.15, 0.2) is 29.4 Å².